The monoisotopic (exact) mass is 318 g/mol. The summed E-state index contributed by atoms with van der Waals surface area (Å²) >= 11 is 3.50. The van der Waals surface area contributed by atoms with E-state index in [4.69, 9.17) is 4.74 Å². The standard InChI is InChI=1S/C16H15BrO2/c1-13(18)19-16(12-17,14-8-4-2-5-9-14)15-10-6-3-7-11-15/h2-11H,12H2,1H3. The summed E-state index contributed by atoms with van der Waals surface area (Å²) in [6, 6.07) is 19.5. The van der Waals surface area contributed by atoms with Gasteiger partial charge in [-0.25, -0.2) is 0 Å². The van der Waals surface area contributed by atoms with Crippen LogP contribution in [0.25, 0.3) is 0 Å². The number of alkyl halides is 1. The predicted molar refractivity (Wildman–Crippen MR) is 79.2 cm³/mol. The fraction of sp³-hybridized carbons (Fsp3) is 0.188. The van der Waals surface area contributed by atoms with E-state index in [-0.39, 0.29) is 5.97 Å². The highest BCUT2D eigenvalue weighted by Gasteiger charge is 2.36. The molecule has 0 aliphatic rings. The maximum absolute atomic E-state index is 11.5. The normalized spacial score (nSPS) is 11.1. The molecule has 0 unspecified atom stereocenters. The molecule has 2 nitrogen and oxygen atoms in total. The van der Waals surface area contributed by atoms with Gasteiger partial charge in [-0.3, -0.25) is 4.79 Å². The molecule has 2 rings (SSSR count). The molecule has 0 aliphatic carbocycles. The molecule has 0 saturated carbocycles. The van der Waals surface area contributed by atoms with E-state index in [0.717, 1.165) is 11.1 Å². The van der Waals surface area contributed by atoms with Gasteiger partial charge in [0.25, 0.3) is 0 Å². The Bertz CT molecular complexity index is 498. The third-order valence-corrected chi connectivity index (χ3v) is 3.78. The first-order valence-electron chi connectivity index (χ1n) is 6.05. The van der Waals surface area contributed by atoms with E-state index in [1.54, 1.807) is 0 Å². The summed E-state index contributed by atoms with van der Waals surface area (Å²) < 4.78 is 5.67. The molecule has 0 fully saturated rings. The SMILES string of the molecule is CC(=O)OC(CBr)(c1ccccc1)c1ccccc1. The van der Waals surface area contributed by atoms with Crippen molar-refractivity contribution in [1.82, 2.24) is 0 Å². The molecule has 0 spiro atoms. The van der Waals surface area contributed by atoms with Crippen LogP contribution < -0.4 is 0 Å². The first-order valence-corrected chi connectivity index (χ1v) is 7.18. The van der Waals surface area contributed by atoms with Gasteiger partial charge in [-0.15, -0.1) is 0 Å². The van der Waals surface area contributed by atoms with Crippen LogP contribution in [-0.2, 0) is 15.1 Å². The molecular formula is C16H15BrO2. The van der Waals surface area contributed by atoms with Gasteiger partial charge in [0.1, 0.15) is 0 Å². The van der Waals surface area contributed by atoms with Crippen LogP contribution in [0.2, 0.25) is 0 Å². The van der Waals surface area contributed by atoms with Gasteiger partial charge in [-0.1, -0.05) is 76.6 Å². The second-order valence-corrected chi connectivity index (χ2v) is 4.85. The van der Waals surface area contributed by atoms with Crippen molar-refractivity contribution in [2.75, 3.05) is 5.33 Å². The molecule has 0 amide bonds. The molecule has 0 saturated heterocycles. The Kier molecular flexibility index (Phi) is 4.38. The van der Waals surface area contributed by atoms with E-state index >= 15 is 0 Å². The quantitative estimate of drug-likeness (QED) is 0.631. The maximum Gasteiger partial charge on any atom is 0.303 e. The molecule has 0 aliphatic heterocycles. The lowest BCUT2D eigenvalue weighted by atomic mass is 9.88. The zero-order valence-electron chi connectivity index (χ0n) is 10.7. The molecule has 0 bridgehead atoms. The van der Waals surface area contributed by atoms with Crippen LogP contribution in [0, 0.1) is 0 Å². The lowest BCUT2D eigenvalue weighted by molar-refractivity contribution is -0.151. The Labute approximate surface area is 121 Å². The summed E-state index contributed by atoms with van der Waals surface area (Å²) in [5.74, 6) is -0.299. The van der Waals surface area contributed by atoms with Gasteiger partial charge >= 0.3 is 5.97 Å². The highest BCUT2D eigenvalue weighted by atomic mass is 79.9. The summed E-state index contributed by atoms with van der Waals surface area (Å²) in [6.07, 6.45) is 0. The second kappa shape index (κ2) is 6.02. The minimum Gasteiger partial charge on any atom is -0.448 e. The van der Waals surface area contributed by atoms with Crippen LogP contribution in [0.5, 0.6) is 0 Å². The zero-order chi connectivity index (χ0) is 13.7. The maximum atomic E-state index is 11.5. The minimum absolute atomic E-state index is 0.299. The Balaban J connectivity index is 2.58. The number of benzene rings is 2. The first kappa shape index (κ1) is 13.8. The Morgan fingerprint density at radius 3 is 1.74 bits per heavy atom. The minimum atomic E-state index is -0.783. The topological polar surface area (TPSA) is 26.3 Å². The zero-order valence-corrected chi connectivity index (χ0v) is 12.3. The molecule has 0 heterocycles. The summed E-state index contributed by atoms with van der Waals surface area (Å²) in [5.41, 5.74) is 1.12. The van der Waals surface area contributed by atoms with E-state index in [1.165, 1.54) is 6.92 Å². The molecule has 2 aromatic carbocycles. The summed E-state index contributed by atoms with van der Waals surface area (Å²) in [4.78, 5) is 11.5. The Morgan fingerprint density at radius 1 is 1.00 bits per heavy atom. The molecule has 0 aromatic heterocycles. The number of carbonyl (C=O) groups excluding carboxylic acids is 1. The van der Waals surface area contributed by atoms with E-state index in [9.17, 15) is 4.79 Å². The molecule has 3 heteroatoms. The molecular weight excluding hydrogens is 304 g/mol. The van der Waals surface area contributed by atoms with Gasteiger partial charge < -0.3 is 4.74 Å². The number of ether oxygens (including phenoxy) is 1. The summed E-state index contributed by atoms with van der Waals surface area (Å²) in [7, 11) is 0. The van der Waals surface area contributed by atoms with Crippen molar-refractivity contribution in [3.8, 4) is 0 Å². The number of esters is 1. The molecule has 98 valence electrons. The number of carbonyl (C=O) groups is 1. The molecule has 0 radical (unpaired) electrons. The van der Waals surface area contributed by atoms with E-state index in [2.05, 4.69) is 15.9 Å². The highest BCUT2D eigenvalue weighted by molar-refractivity contribution is 9.09. The first-order chi connectivity index (χ1) is 9.19. The van der Waals surface area contributed by atoms with Crippen molar-refractivity contribution in [2.24, 2.45) is 0 Å². The van der Waals surface area contributed by atoms with Crippen molar-refractivity contribution < 1.29 is 9.53 Å². The van der Waals surface area contributed by atoms with Crippen LogP contribution in [0.1, 0.15) is 18.1 Å². The number of rotatable bonds is 4. The number of halogens is 1. The van der Waals surface area contributed by atoms with Crippen molar-refractivity contribution in [3.63, 3.8) is 0 Å². The number of hydrogen-bond donors (Lipinski definition) is 0. The molecule has 0 N–H and O–H groups in total. The van der Waals surface area contributed by atoms with E-state index < -0.39 is 5.60 Å². The molecule has 19 heavy (non-hydrogen) atoms. The van der Waals surface area contributed by atoms with Crippen LogP contribution in [-0.4, -0.2) is 11.3 Å². The van der Waals surface area contributed by atoms with Gasteiger partial charge in [0.15, 0.2) is 5.60 Å². The number of hydrogen-bond acceptors (Lipinski definition) is 2. The largest absolute Gasteiger partial charge is 0.448 e. The van der Waals surface area contributed by atoms with Crippen molar-refractivity contribution >= 4 is 21.9 Å². The van der Waals surface area contributed by atoms with E-state index in [0.29, 0.717) is 5.33 Å². The second-order valence-electron chi connectivity index (χ2n) is 4.29. The smallest absolute Gasteiger partial charge is 0.303 e. The van der Waals surface area contributed by atoms with Crippen molar-refractivity contribution in [1.29, 1.82) is 0 Å². The Hall–Kier alpha value is -1.61. The molecule has 0 atom stereocenters. The van der Waals surface area contributed by atoms with Crippen molar-refractivity contribution in [3.05, 3.63) is 71.8 Å². The lowest BCUT2D eigenvalue weighted by Gasteiger charge is -2.32. The molecule has 2 aromatic rings. The van der Waals surface area contributed by atoms with Gasteiger partial charge in [0, 0.05) is 18.1 Å². The highest BCUT2D eigenvalue weighted by Crippen LogP contribution is 2.35. The van der Waals surface area contributed by atoms with Crippen LogP contribution in [0.3, 0.4) is 0 Å². The van der Waals surface area contributed by atoms with E-state index in [1.807, 2.05) is 60.7 Å². The lowest BCUT2D eigenvalue weighted by Crippen LogP contribution is -2.34. The Morgan fingerprint density at radius 2 is 1.42 bits per heavy atom. The third-order valence-electron chi connectivity index (χ3n) is 2.99. The third kappa shape index (κ3) is 2.87. The van der Waals surface area contributed by atoms with Gasteiger partial charge in [0.2, 0.25) is 0 Å². The fourth-order valence-corrected chi connectivity index (χ4v) is 2.89. The van der Waals surface area contributed by atoms with Gasteiger partial charge in [-0.2, -0.15) is 0 Å². The van der Waals surface area contributed by atoms with Crippen LogP contribution in [0.15, 0.2) is 60.7 Å². The van der Waals surface area contributed by atoms with Crippen molar-refractivity contribution in [2.45, 2.75) is 12.5 Å². The average molecular weight is 319 g/mol. The van der Waals surface area contributed by atoms with Gasteiger partial charge in [0.05, 0.1) is 5.33 Å². The predicted octanol–water partition coefficient (Wildman–Crippen LogP) is 3.89. The van der Waals surface area contributed by atoms with Crippen LogP contribution in [0.4, 0.5) is 0 Å². The summed E-state index contributed by atoms with van der Waals surface area (Å²) in [6.45, 7) is 1.43. The van der Waals surface area contributed by atoms with Crippen LogP contribution >= 0.6 is 15.9 Å². The average Bonchev–Trinajstić information content (AvgIpc) is 2.46. The summed E-state index contributed by atoms with van der Waals surface area (Å²) in [5, 5.41) is 0.508. The van der Waals surface area contributed by atoms with Gasteiger partial charge in [-0.05, 0) is 0 Å². The fourth-order valence-electron chi connectivity index (χ4n) is 2.13.